The van der Waals surface area contributed by atoms with E-state index in [2.05, 4.69) is 20.9 Å². The van der Waals surface area contributed by atoms with Crippen LogP contribution in [0.15, 0.2) is 48.7 Å². The Morgan fingerprint density at radius 2 is 1.97 bits per heavy atom. The molecule has 1 N–H and O–H groups in total. The molecule has 1 aliphatic rings. The van der Waals surface area contributed by atoms with Gasteiger partial charge in [0, 0.05) is 46.7 Å². The van der Waals surface area contributed by atoms with Crippen LogP contribution in [0.5, 0.6) is 5.75 Å². The second-order valence-electron chi connectivity index (χ2n) is 7.31. The quantitative estimate of drug-likeness (QED) is 0.484. The molecule has 0 fully saturated rings. The number of pyridine rings is 1. The molecule has 0 spiro atoms. The Morgan fingerprint density at radius 1 is 1.07 bits per heavy atom. The molecule has 6 heteroatoms. The van der Waals surface area contributed by atoms with Crippen LogP contribution in [0.25, 0.3) is 21.8 Å². The van der Waals surface area contributed by atoms with Crippen molar-refractivity contribution in [3.63, 3.8) is 0 Å². The van der Waals surface area contributed by atoms with E-state index in [1.54, 1.807) is 6.20 Å². The Morgan fingerprint density at radius 3 is 2.90 bits per heavy atom. The minimum absolute atomic E-state index is 0.562. The van der Waals surface area contributed by atoms with Crippen molar-refractivity contribution in [1.82, 2.24) is 14.9 Å². The van der Waals surface area contributed by atoms with Gasteiger partial charge in [-0.3, -0.25) is 4.98 Å². The second kappa shape index (κ2) is 7.86. The molecule has 0 bridgehead atoms. The lowest BCUT2D eigenvalue weighted by atomic mass is 10.1. The van der Waals surface area contributed by atoms with Crippen molar-refractivity contribution in [2.24, 2.45) is 0 Å². The Hall–Kier alpha value is -2.27. The third-order valence-electron chi connectivity index (χ3n) is 5.55. The van der Waals surface area contributed by atoms with Crippen LogP contribution in [0, 0.1) is 0 Å². The fourth-order valence-electron chi connectivity index (χ4n) is 4.27. The standard InChI is InChI=1S/C23H21Cl2N3O/c24-16-12-19(25)23-18-5-8-26-9-6-21(18)28(22(23)13-16)10-11-29-17-4-3-15-2-1-7-27-20(15)14-17/h1-4,7,12-14,26H,5-6,8-11H2. The zero-order chi connectivity index (χ0) is 19.8. The maximum atomic E-state index is 6.59. The summed E-state index contributed by atoms with van der Waals surface area (Å²) in [5.41, 5.74) is 4.70. The number of aromatic nitrogens is 2. The van der Waals surface area contributed by atoms with E-state index in [-0.39, 0.29) is 0 Å². The van der Waals surface area contributed by atoms with Crippen molar-refractivity contribution >= 4 is 45.0 Å². The number of fused-ring (bicyclic) bond motifs is 4. The molecule has 0 amide bonds. The first kappa shape index (κ1) is 18.7. The number of benzene rings is 2. The van der Waals surface area contributed by atoms with E-state index < -0.39 is 0 Å². The molecular weight excluding hydrogens is 405 g/mol. The molecule has 0 unspecified atom stereocenters. The summed E-state index contributed by atoms with van der Waals surface area (Å²) in [6, 6.07) is 13.9. The van der Waals surface area contributed by atoms with Gasteiger partial charge in [-0.15, -0.1) is 0 Å². The summed E-state index contributed by atoms with van der Waals surface area (Å²) in [7, 11) is 0. The first-order valence-electron chi connectivity index (χ1n) is 9.88. The molecule has 0 aliphatic carbocycles. The fourth-order valence-corrected chi connectivity index (χ4v) is 4.87. The zero-order valence-electron chi connectivity index (χ0n) is 15.9. The number of nitrogens with one attached hydrogen (secondary N) is 1. The molecule has 1 aliphatic heterocycles. The topological polar surface area (TPSA) is 39.1 Å². The molecule has 3 heterocycles. The third-order valence-corrected chi connectivity index (χ3v) is 6.07. The highest BCUT2D eigenvalue weighted by Crippen LogP contribution is 2.36. The van der Waals surface area contributed by atoms with E-state index in [1.165, 1.54) is 11.3 Å². The van der Waals surface area contributed by atoms with Gasteiger partial charge in [0.15, 0.2) is 0 Å². The fraction of sp³-hybridized carbons (Fsp3) is 0.261. The van der Waals surface area contributed by atoms with Crippen LogP contribution in [0.1, 0.15) is 11.3 Å². The molecule has 4 nitrogen and oxygen atoms in total. The lowest BCUT2D eigenvalue weighted by molar-refractivity contribution is 0.299. The molecule has 148 valence electrons. The van der Waals surface area contributed by atoms with Crippen molar-refractivity contribution in [3.05, 3.63) is 70.0 Å². The summed E-state index contributed by atoms with van der Waals surface area (Å²) in [4.78, 5) is 4.41. The SMILES string of the molecule is Clc1cc(Cl)c2c3c(n(CCOc4ccc5cccnc5c4)c2c1)CCNCC3. The summed E-state index contributed by atoms with van der Waals surface area (Å²) >= 11 is 12.9. The molecular formula is C23H21Cl2N3O. The van der Waals surface area contributed by atoms with E-state index >= 15 is 0 Å². The summed E-state index contributed by atoms with van der Waals surface area (Å²) in [5.74, 6) is 0.830. The number of hydrogen-bond donors (Lipinski definition) is 1. The number of ether oxygens (including phenoxy) is 1. The largest absolute Gasteiger partial charge is 0.492 e. The predicted molar refractivity (Wildman–Crippen MR) is 119 cm³/mol. The molecule has 0 saturated heterocycles. The third kappa shape index (κ3) is 3.57. The highest BCUT2D eigenvalue weighted by Gasteiger charge is 2.21. The van der Waals surface area contributed by atoms with Gasteiger partial charge in [0.25, 0.3) is 0 Å². The minimum atomic E-state index is 0.562. The van der Waals surface area contributed by atoms with Gasteiger partial charge in [-0.25, -0.2) is 0 Å². The van der Waals surface area contributed by atoms with Gasteiger partial charge >= 0.3 is 0 Å². The lowest BCUT2D eigenvalue weighted by Crippen LogP contribution is -2.18. The van der Waals surface area contributed by atoms with Crippen molar-refractivity contribution in [1.29, 1.82) is 0 Å². The van der Waals surface area contributed by atoms with E-state index in [1.807, 2.05) is 36.4 Å². The monoisotopic (exact) mass is 425 g/mol. The van der Waals surface area contributed by atoms with E-state index in [4.69, 9.17) is 27.9 Å². The van der Waals surface area contributed by atoms with Gasteiger partial charge in [0.05, 0.1) is 22.6 Å². The average Bonchev–Trinajstić information content (AvgIpc) is 2.86. The van der Waals surface area contributed by atoms with Crippen molar-refractivity contribution < 1.29 is 4.74 Å². The molecule has 2 aromatic heterocycles. The van der Waals surface area contributed by atoms with Gasteiger partial charge in [-0.1, -0.05) is 29.3 Å². The van der Waals surface area contributed by atoms with Crippen LogP contribution in [-0.4, -0.2) is 29.2 Å². The summed E-state index contributed by atoms with van der Waals surface area (Å²) < 4.78 is 8.40. The number of halogens is 2. The minimum Gasteiger partial charge on any atom is -0.492 e. The normalized spacial score (nSPS) is 14.1. The van der Waals surface area contributed by atoms with E-state index in [9.17, 15) is 0 Å². The highest BCUT2D eigenvalue weighted by atomic mass is 35.5. The number of rotatable bonds is 4. The molecule has 2 aromatic carbocycles. The average molecular weight is 426 g/mol. The second-order valence-corrected chi connectivity index (χ2v) is 8.16. The molecule has 0 atom stereocenters. The molecule has 4 aromatic rings. The lowest BCUT2D eigenvalue weighted by Gasteiger charge is -2.13. The van der Waals surface area contributed by atoms with Crippen molar-refractivity contribution in [2.75, 3.05) is 19.7 Å². The number of nitrogens with zero attached hydrogens (tertiary/aromatic N) is 2. The summed E-state index contributed by atoms with van der Waals surface area (Å²) in [6.45, 7) is 3.23. The first-order chi connectivity index (χ1) is 14.2. The van der Waals surface area contributed by atoms with Crippen LogP contribution < -0.4 is 10.1 Å². The van der Waals surface area contributed by atoms with E-state index in [0.29, 0.717) is 11.6 Å². The molecule has 29 heavy (non-hydrogen) atoms. The maximum Gasteiger partial charge on any atom is 0.121 e. The Balaban J connectivity index is 1.45. The van der Waals surface area contributed by atoms with Crippen LogP contribution in [0.4, 0.5) is 0 Å². The highest BCUT2D eigenvalue weighted by molar-refractivity contribution is 6.38. The Labute approximate surface area is 179 Å². The molecule has 0 saturated carbocycles. The Kier molecular flexibility index (Phi) is 5.08. The molecule has 5 rings (SSSR count). The van der Waals surface area contributed by atoms with Crippen LogP contribution in [0.3, 0.4) is 0 Å². The van der Waals surface area contributed by atoms with Crippen LogP contribution in [0.2, 0.25) is 10.0 Å². The summed E-state index contributed by atoms with van der Waals surface area (Å²) in [5, 5.41) is 7.11. The summed E-state index contributed by atoms with van der Waals surface area (Å²) in [6.07, 6.45) is 3.74. The Bertz CT molecular complexity index is 1200. The van der Waals surface area contributed by atoms with Gasteiger partial charge in [0.1, 0.15) is 12.4 Å². The number of hydrogen-bond acceptors (Lipinski definition) is 3. The predicted octanol–water partition coefficient (Wildman–Crippen LogP) is 5.26. The maximum absolute atomic E-state index is 6.59. The van der Waals surface area contributed by atoms with Gasteiger partial charge in [0.2, 0.25) is 0 Å². The van der Waals surface area contributed by atoms with Crippen molar-refractivity contribution in [2.45, 2.75) is 19.4 Å². The van der Waals surface area contributed by atoms with Gasteiger partial charge < -0.3 is 14.6 Å². The first-order valence-corrected chi connectivity index (χ1v) is 10.6. The van der Waals surface area contributed by atoms with Crippen LogP contribution in [-0.2, 0) is 19.4 Å². The van der Waals surface area contributed by atoms with Gasteiger partial charge in [-0.2, -0.15) is 0 Å². The smallest absolute Gasteiger partial charge is 0.121 e. The van der Waals surface area contributed by atoms with Crippen molar-refractivity contribution in [3.8, 4) is 5.75 Å². The molecule has 0 radical (unpaired) electrons. The van der Waals surface area contributed by atoms with Gasteiger partial charge in [-0.05, 0) is 48.9 Å². The zero-order valence-corrected chi connectivity index (χ0v) is 17.4. The van der Waals surface area contributed by atoms with E-state index in [0.717, 1.165) is 65.1 Å². The van der Waals surface area contributed by atoms with Crippen LogP contribution >= 0.6 is 23.2 Å².